The SMILES string of the molecule is CCCNC1CCC(N(CC(N)=O)CC(N)=O)CC1. The Kier molecular flexibility index (Phi) is 6.80. The average Bonchev–Trinajstić information content (AvgIpc) is 2.35. The average molecular weight is 270 g/mol. The molecule has 6 nitrogen and oxygen atoms in total. The summed E-state index contributed by atoms with van der Waals surface area (Å²) in [7, 11) is 0. The Morgan fingerprint density at radius 3 is 2.05 bits per heavy atom. The zero-order valence-electron chi connectivity index (χ0n) is 11.7. The first-order valence-electron chi connectivity index (χ1n) is 7.07. The quantitative estimate of drug-likeness (QED) is 0.557. The van der Waals surface area contributed by atoms with Crippen LogP contribution in [0.4, 0.5) is 0 Å². The van der Waals surface area contributed by atoms with Gasteiger partial charge in [0.25, 0.3) is 0 Å². The fraction of sp³-hybridized carbons (Fsp3) is 0.846. The summed E-state index contributed by atoms with van der Waals surface area (Å²) in [6, 6.07) is 0.792. The Labute approximate surface area is 114 Å². The summed E-state index contributed by atoms with van der Waals surface area (Å²) in [6.45, 7) is 3.42. The fourth-order valence-electron chi connectivity index (χ4n) is 2.71. The fourth-order valence-corrected chi connectivity index (χ4v) is 2.71. The summed E-state index contributed by atoms with van der Waals surface area (Å²) in [4.78, 5) is 23.9. The third-order valence-electron chi connectivity index (χ3n) is 3.61. The van der Waals surface area contributed by atoms with Crippen molar-refractivity contribution in [3.8, 4) is 0 Å². The maximum absolute atomic E-state index is 11.1. The van der Waals surface area contributed by atoms with Gasteiger partial charge in [-0.15, -0.1) is 0 Å². The molecule has 110 valence electrons. The van der Waals surface area contributed by atoms with E-state index in [9.17, 15) is 9.59 Å². The molecule has 0 saturated heterocycles. The van der Waals surface area contributed by atoms with Crippen LogP contribution in [-0.2, 0) is 9.59 Å². The second kappa shape index (κ2) is 8.12. The van der Waals surface area contributed by atoms with Crippen molar-refractivity contribution in [2.45, 2.75) is 51.1 Å². The molecule has 1 saturated carbocycles. The number of amides is 2. The van der Waals surface area contributed by atoms with Crippen molar-refractivity contribution in [2.24, 2.45) is 11.5 Å². The normalized spacial score (nSPS) is 23.5. The van der Waals surface area contributed by atoms with Gasteiger partial charge in [-0.1, -0.05) is 6.92 Å². The van der Waals surface area contributed by atoms with Crippen molar-refractivity contribution in [2.75, 3.05) is 19.6 Å². The molecule has 6 heteroatoms. The van der Waals surface area contributed by atoms with Crippen LogP contribution in [0.2, 0.25) is 0 Å². The van der Waals surface area contributed by atoms with E-state index in [1.165, 1.54) is 0 Å². The van der Waals surface area contributed by atoms with Gasteiger partial charge in [0, 0.05) is 12.1 Å². The zero-order valence-corrected chi connectivity index (χ0v) is 11.7. The maximum Gasteiger partial charge on any atom is 0.231 e. The Morgan fingerprint density at radius 2 is 1.63 bits per heavy atom. The molecule has 0 aromatic rings. The lowest BCUT2D eigenvalue weighted by molar-refractivity contribution is -0.123. The summed E-state index contributed by atoms with van der Waals surface area (Å²) in [5.74, 6) is -0.819. The lowest BCUT2D eigenvalue weighted by Crippen LogP contribution is -2.48. The largest absolute Gasteiger partial charge is 0.369 e. The van der Waals surface area contributed by atoms with E-state index in [1.807, 2.05) is 4.90 Å². The van der Waals surface area contributed by atoms with Crippen LogP contribution in [-0.4, -0.2) is 48.4 Å². The van der Waals surface area contributed by atoms with Crippen LogP contribution in [0.1, 0.15) is 39.0 Å². The topological polar surface area (TPSA) is 101 Å². The van der Waals surface area contributed by atoms with Crippen LogP contribution in [0, 0.1) is 0 Å². The molecule has 0 aliphatic heterocycles. The highest BCUT2D eigenvalue weighted by atomic mass is 16.2. The summed E-state index contributed by atoms with van der Waals surface area (Å²) in [5.41, 5.74) is 10.4. The van der Waals surface area contributed by atoms with Gasteiger partial charge in [-0.25, -0.2) is 0 Å². The van der Waals surface area contributed by atoms with Crippen LogP contribution in [0.15, 0.2) is 0 Å². The maximum atomic E-state index is 11.1. The van der Waals surface area contributed by atoms with E-state index in [0.29, 0.717) is 6.04 Å². The van der Waals surface area contributed by atoms with Gasteiger partial charge in [-0.05, 0) is 38.6 Å². The van der Waals surface area contributed by atoms with Gasteiger partial charge >= 0.3 is 0 Å². The Balaban J connectivity index is 2.44. The molecule has 0 unspecified atom stereocenters. The van der Waals surface area contributed by atoms with E-state index >= 15 is 0 Å². The van der Waals surface area contributed by atoms with Gasteiger partial charge in [0.1, 0.15) is 0 Å². The molecular formula is C13H26N4O2. The standard InChI is InChI=1S/C13H26N4O2/c1-2-7-16-10-3-5-11(6-4-10)17(8-12(14)18)9-13(15)19/h10-11,16H,2-9H2,1H3,(H2,14,18)(H2,15,19). The first-order chi connectivity index (χ1) is 9.02. The van der Waals surface area contributed by atoms with Gasteiger partial charge in [-0.3, -0.25) is 14.5 Å². The molecule has 0 aromatic carbocycles. The molecule has 0 radical (unpaired) electrons. The molecule has 1 rings (SSSR count). The van der Waals surface area contributed by atoms with Crippen molar-refractivity contribution >= 4 is 11.8 Å². The molecule has 1 aliphatic rings. The van der Waals surface area contributed by atoms with Gasteiger partial charge in [0.05, 0.1) is 13.1 Å². The second-order valence-corrected chi connectivity index (χ2v) is 5.30. The number of primary amides is 2. The Hall–Kier alpha value is -1.14. The summed E-state index contributed by atoms with van der Waals surface area (Å²) < 4.78 is 0. The number of hydrogen-bond acceptors (Lipinski definition) is 4. The number of carbonyl (C=O) groups is 2. The van der Waals surface area contributed by atoms with Gasteiger partial charge < -0.3 is 16.8 Å². The molecule has 2 amide bonds. The molecule has 5 N–H and O–H groups in total. The molecule has 0 aromatic heterocycles. The number of nitrogens with zero attached hydrogens (tertiary/aromatic N) is 1. The predicted molar refractivity (Wildman–Crippen MR) is 74.3 cm³/mol. The third-order valence-corrected chi connectivity index (χ3v) is 3.61. The Bertz CT molecular complexity index is 285. The number of carbonyl (C=O) groups excluding carboxylic acids is 2. The smallest absolute Gasteiger partial charge is 0.231 e. The first kappa shape index (κ1) is 15.9. The summed E-state index contributed by atoms with van der Waals surface area (Å²) in [6.07, 6.45) is 5.22. The van der Waals surface area contributed by atoms with E-state index in [2.05, 4.69) is 12.2 Å². The van der Waals surface area contributed by atoms with Crippen LogP contribution in [0.3, 0.4) is 0 Å². The zero-order chi connectivity index (χ0) is 14.3. The van der Waals surface area contributed by atoms with E-state index in [0.717, 1.165) is 38.6 Å². The number of nitrogens with two attached hydrogens (primary N) is 2. The minimum absolute atomic E-state index is 0.112. The third kappa shape index (κ3) is 6.02. The summed E-state index contributed by atoms with van der Waals surface area (Å²) in [5, 5.41) is 3.51. The van der Waals surface area contributed by atoms with Crippen molar-refractivity contribution in [3.05, 3.63) is 0 Å². The lowest BCUT2D eigenvalue weighted by atomic mass is 9.90. The van der Waals surface area contributed by atoms with Gasteiger partial charge in [-0.2, -0.15) is 0 Å². The molecule has 1 aliphatic carbocycles. The Morgan fingerprint density at radius 1 is 1.11 bits per heavy atom. The van der Waals surface area contributed by atoms with Gasteiger partial charge in [0.15, 0.2) is 0 Å². The molecule has 0 atom stereocenters. The molecule has 19 heavy (non-hydrogen) atoms. The number of hydrogen-bond donors (Lipinski definition) is 3. The molecular weight excluding hydrogens is 244 g/mol. The molecule has 1 fully saturated rings. The van der Waals surface area contributed by atoms with Crippen molar-refractivity contribution in [3.63, 3.8) is 0 Å². The van der Waals surface area contributed by atoms with E-state index in [-0.39, 0.29) is 19.1 Å². The van der Waals surface area contributed by atoms with E-state index < -0.39 is 11.8 Å². The lowest BCUT2D eigenvalue weighted by Gasteiger charge is -2.36. The highest BCUT2D eigenvalue weighted by molar-refractivity contribution is 5.79. The minimum atomic E-state index is -0.410. The minimum Gasteiger partial charge on any atom is -0.369 e. The molecule has 0 spiro atoms. The van der Waals surface area contributed by atoms with Crippen molar-refractivity contribution in [1.29, 1.82) is 0 Å². The predicted octanol–water partition coefficient (Wildman–Crippen LogP) is -0.430. The second-order valence-electron chi connectivity index (χ2n) is 5.30. The summed E-state index contributed by atoms with van der Waals surface area (Å²) >= 11 is 0. The molecule has 0 heterocycles. The van der Waals surface area contributed by atoms with E-state index in [1.54, 1.807) is 0 Å². The van der Waals surface area contributed by atoms with Crippen LogP contribution < -0.4 is 16.8 Å². The highest BCUT2D eigenvalue weighted by Gasteiger charge is 2.27. The van der Waals surface area contributed by atoms with Crippen molar-refractivity contribution in [1.82, 2.24) is 10.2 Å². The van der Waals surface area contributed by atoms with Crippen LogP contribution in [0.5, 0.6) is 0 Å². The van der Waals surface area contributed by atoms with Crippen molar-refractivity contribution < 1.29 is 9.59 Å². The van der Waals surface area contributed by atoms with Crippen LogP contribution in [0.25, 0.3) is 0 Å². The van der Waals surface area contributed by atoms with Crippen LogP contribution >= 0.6 is 0 Å². The first-order valence-corrected chi connectivity index (χ1v) is 7.07. The number of rotatable bonds is 8. The molecule has 0 bridgehead atoms. The van der Waals surface area contributed by atoms with Gasteiger partial charge in [0.2, 0.25) is 11.8 Å². The monoisotopic (exact) mass is 270 g/mol. The number of nitrogens with one attached hydrogen (secondary N) is 1. The van der Waals surface area contributed by atoms with E-state index in [4.69, 9.17) is 11.5 Å². The highest BCUT2D eigenvalue weighted by Crippen LogP contribution is 2.23.